The van der Waals surface area contributed by atoms with Crippen LogP contribution in [-0.4, -0.2) is 31.4 Å². The van der Waals surface area contributed by atoms with Crippen molar-refractivity contribution in [3.05, 3.63) is 28.2 Å². The van der Waals surface area contributed by atoms with Crippen molar-refractivity contribution in [2.24, 2.45) is 5.73 Å². The van der Waals surface area contributed by atoms with E-state index in [9.17, 15) is 8.42 Å². The molecule has 1 fully saturated rings. The van der Waals surface area contributed by atoms with E-state index < -0.39 is 10.0 Å². The van der Waals surface area contributed by atoms with Gasteiger partial charge in [-0.25, -0.2) is 8.42 Å². The zero-order valence-electron chi connectivity index (χ0n) is 12.5. The molecule has 0 radical (unpaired) electrons. The lowest BCUT2D eigenvalue weighted by Crippen LogP contribution is -2.44. The molecule has 2 rings (SSSR count). The third-order valence-electron chi connectivity index (χ3n) is 4.20. The van der Waals surface area contributed by atoms with Gasteiger partial charge in [0, 0.05) is 23.1 Å². The number of sulfonamides is 1. The molecule has 4 nitrogen and oxygen atoms in total. The Morgan fingerprint density at radius 2 is 1.90 bits per heavy atom. The van der Waals surface area contributed by atoms with E-state index in [0.717, 1.165) is 35.7 Å². The van der Waals surface area contributed by atoms with Gasteiger partial charge < -0.3 is 5.73 Å². The highest BCUT2D eigenvalue weighted by molar-refractivity contribution is 9.10. The SMILES string of the molecule is CCN(C1CCC(N)CC1)S(=O)(=O)c1ccc(Br)c(C)c1. The lowest BCUT2D eigenvalue weighted by atomic mass is 9.92. The monoisotopic (exact) mass is 374 g/mol. The van der Waals surface area contributed by atoms with Crippen LogP contribution in [-0.2, 0) is 10.0 Å². The number of nitrogens with zero attached hydrogens (tertiary/aromatic N) is 1. The number of rotatable bonds is 4. The molecule has 0 spiro atoms. The average molecular weight is 375 g/mol. The standard InChI is InChI=1S/C15H23BrN2O2S/c1-3-18(13-6-4-12(17)5-7-13)21(19,20)14-8-9-15(16)11(2)10-14/h8-10,12-13H,3-7,17H2,1-2H3. The van der Waals surface area contributed by atoms with Crippen molar-refractivity contribution < 1.29 is 8.42 Å². The van der Waals surface area contributed by atoms with Gasteiger partial charge in [0.15, 0.2) is 0 Å². The fourth-order valence-electron chi connectivity index (χ4n) is 2.93. The highest BCUT2D eigenvalue weighted by Crippen LogP contribution is 2.28. The summed E-state index contributed by atoms with van der Waals surface area (Å²) in [4.78, 5) is 0.375. The molecule has 0 bridgehead atoms. The van der Waals surface area contributed by atoms with Gasteiger partial charge in [-0.2, -0.15) is 4.31 Å². The van der Waals surface area contributed by atoms with Crippen LogP contribution >= 0.6 is 15.9 Å². The van der Waals surface area contributed by atoms with E-state index >= 15 is 0 Å². The number of nitrogens with two attached hydrogens (primary N) is 1. The summed E-state index contributed by atoms with van der Waals surface area (Å²) in [6.45, 7) is 4.30. The maximum atomic E-state index is 12.9. The highest BCUT2D eigenvalue weighted by atomic mass is 79.9. The first-order valence-corrected chi connectivity index (χ1v) is 9.63. The van der Waals surface area contributed by atoms with Crippen LogP contribution in [0.2, 0.25) is 0 Å². The third-order valence-corrected chi connectivity index (χ3v) is 7.11. The summed E-state index contributed by atoms with van der Waals surface area (Å²) in [6.07, 6.45) is 3.50. The highest BCUT2D eigenvalue weighted by Gasteiger charge is 2.32. The maximum Gasteiger partial charge on any atom is 0.243 e. The summed E-state index contributed by atoms with van der Waals surface area (Å²) < 4.78 is 28.3. The van der Waals surface area contributed by atoms with Crippen molar-refractivity contribution in [2.45, 2.75) is 56.5 Å². The lowest BCUT2D eigenvalue weighted by molar-refractivity contribution is 0.247. The molecule has 0 aliphatic heterocycles. The fraction of sp³-hybridized carbons (Fsp3) is 0.600. The van der Waals surface area contributed by atoms with Crippen molar-refractivity contribution in [1.29, 1.82) is 0 Å². The van der Waals surface area contributed by atoms with Crippen LogP contribution in [0.15, 0.2) is 27.6 Å². The maximum absolute atomic E-state index is 12.9. The first-order valence-electron chi connectivity index (χ1n) is 7.39. The first-order chi connectivity index (χ1) is 9.86. The summed E-state index contributed by atoms with van der Waals surface area (Å²) >= 11 is 3.41. The summed E-state index contributed by atoms with van der Waals surface area (Å²) in [5.74, 6) is 0. The topological polar surface area (TPSA) is 63.4 Å². The van der Waals surface area contributed by atoms with Crippen molar-refractivity contribution in [1.82, 2.24) is 4.31 Å². The minimum absolute atomic E-state index is 0.0729. The summed E-state index contributed by atoms with van der Waals surface area (Å²) in [7, 11) is -3.44. The van der Waals surface area contributed by atoms with Crippen molar-refractivity contribution in [2.75, 3.05) is 6.54 Å². The molecule has 0 saturated heterocycles. The van der Waals surface area contributed by atoms with Gasteiger partial charge in [0.25, 0.3) is 0 Å². The second-order valence-corrected chi connectivity index (χ2v) is 8.43. The van der Waals surface area contributed by atoms with E-state index in [1.54, 1.807) is 22.5 Å². The van der Waals surface area contributed by atoms with Crippen LogP contribution < -0.4 is 5.73 Å². The zero-order valence-corrected chi connectivity index (χ0v) is 15.0. The van der Waals surface area contributed by atoms with E-state index in [-0.39, 0.29) is 12.1 Å². The second-order valence-electron chi connectivity index (χ2n) is 5.69. The predicted octanol–water partition coefficient (Wildman–Crippen LogP) is 3.04. The first kappa shape index (κ1) is 16.9. The Morgan fingerprint density at radius 3 is 2.43 bits per heavy atom. The molecule has 1 saturated carbocycles. The van der Waals surface area contributed by atoms with Gasteiger partial charge in [-0.05, 0) is 56.4 Å². The smallest absolute Gasteiger partial charge is 0.243 e. The van der Waals surface area contributed by atoms with Crippen LogP contribution in [0.25, 0.3) is 0 Å². The lowest BCUT2D eigenvalue weighted by Gasteiger charge is -2.34. The quantitative estimate of drug-likeness (QED) is 0.880. The fourth-order valence-corrected chi connectivity index (χ4v) is 4.95. The van der Waals surface area contributed by atoms with Crippen molar-refractivity contribution in [3.63, 3.8) is 0 Å². The molecule has 6 heteroatoms. The molecule has 1 aliphatic carbocycles. The summed E-state index contributed by atoms with van der Waals surface area (Å²) in [6, 6.07) is 5.49. The molecular formula is C15H23BrN2O2S. The molecule has 118 valence electrons. The van der Waals surface area contributed by atoms with Crippen LogP contribution in [0.4, 0.5) is 0 Å². The van der Waals surface area contributed by atoms with Crippen LogP contribution in [0.3, 0.4) is 0 Å². The molecule has 0 heterocycles. The Bertz CT molecular complexity index is 596. The van der Waals surface area contributed by atoms with Gasteiger partial charge in [-0.3, -0.25) is 0 Å². The second kappa shape index (κ2) is 6.77. The molecule has 0 amide bonds. The molecule has 1 aromatic carbocycles. The molecule has 1 aliphatic rings. The van der Waals surface area contributed by atoms with Gasteiger partial charge in [-0.15, -0.1) is 0 Å². The van der Waals surface area contributed by atoms with Crippen LogP contribution in [0.5, 0.6) is 0 Å². The minimum Gasteiger partial charge on any atom is -0.328 e. The van der Waals surface area contributed by atoms with Gasteiger partial charge in [0.2, 0.25) is 10.0 Å². The Hall–Kier alpha value is -0.430. The van der Waals surface area contributed by atoms with Crippen LogP contribution in [0.1, 0.15) is 38.2 Å². The van der Waals surface area contributed by atoms with Gasteiger partial charge in [0.1, 0.15) is 0 Å². The minimum atomic E-state index is -3.44. The molecule has 1 aromatic rings. The van der Waals surface area contributed by atoms with Crippen LogP contribution in [0, 0.1) is 6.92 Å². The predicted molar refractivity (Wildman–Crippen MR) is 88.7 cm³/mol. The Balaban J connectivity index is 2.29. The molecule has 0 unspecified atom stereocenters. The Labute approximate surface area is 135 Å². The molecule has 0 aromatic heterocycles. The summed E-state index contributed by atoms with van der Waals surface area (Å²) in [5, 5.41) is 0. The van der Waals surface area contributed by atoms with E-state index in [1.807, 2.05) is 13.8 Å². The molecular weight excluding hydrogens is 352 g/mol. The van der Waals surface area contributed by atoms with E-state index in [0.29, 0.717) is 11.4 Å². The van der Waals surface area contributed by atoms with Crippen molar-refractivity contribution in [3.8, 4) is 0 Å². The third kappa shape index (κ3) is 3.67. The number of hydrogen-bond donors (Lipinski definition) is 1. The van der Waals surface area contributed by atoms with Crippen molar-refractivity contribution >= 4 is 26.0 Å². The van der Waals surface area contributed by atoms with Gasteiger partial charge in [0.05, 0.1) is 4.90 Å². The van der Waals surface area contributed by atoms with E-state index in [4.69, 9.17) is 5.73 Å². The zero-order chi connectivity index (χ0) is 15.6. The van der Waals surface area contributed by atoms with Gasteiger partial charge in [-0.1, -0.05) is 22.9 Å². The van der Waals surface area contributed by atoms with E-state index in [2.05, 4.69) is 15.9 Å². The van der Waals surface area contributed by atoms with Gasteiger partial charge >= 0.3 is 0 Å². The Morgan fingerprint density at radius 1 is 1.29 bits per heavy atom. The number of halogens is 1. The molecule has 0 atom stereocenters. The number of benzene rings is 1. The Kier molecular flexibility index (Phi) is 5.46. The normalized spacial score (nSPS) is 23.5. The van der Waals surface area contributed by atoms with E-state index in [1.165, 1.54) is 0 Å². The summed E-state index contributed by atoms with van der Waals surface area (Å²) in [5.41, 5.74) is 6.85. The molecule has 2 N–H and O–H groups in total. The average Bonchev–Trinajstić information content (AvgIpc) is 2.44. The molecule has 21 heavy (non-hydrogen) atoms. The number of hydrogen-bond acceptors (Lipinski definition) is 3. The largest absolute Gasteiger partial charge is 0.328 e. The number of aryl methyl sites for hydroxylation is 1.